The molecule has 3 heteroatoms. The number of carbonyl (C=O) groups is 1. The first-order valence-corrected chi connectivity index (χ1v) is 6.81. The molecule has 90 valence electrons. The summed E-state index contributed by atoms with van der Waals surface area (Å²) >= 11 is 0. The van der Waals surface area contributed by atoms with Gasteiger partial charge in [0.25, 0.3) is 0 Å². The minimum atomic E-state index is 0.332. The topological polar surface area (TPSA) is 41.1 Å². The van der Waals surface area contributed by atoms with Crippen LogP contribution in [0.15, 0.2) is 0 Å². The molecule has 2 N–H and O–H groups in total. The van der Waals surface area contributed by atoms with E-state index in [9.17, 15) is 4.79 Å². The number of amides is 1. The maximum absolute atomic E-state index is 11.9. The lowest BCUT2D eigenvalue weighted by Crippen LogP contribution is -2.31. The lowest BCUT2D eigenvalue weighted by Gasteiger charge is -2.13. The van der Waals surface area contributed by atoms with Gasteiger partial charge in [-0.2, -0.15) is 0 Å². The van der Waals surface area contributed by atoms with Gasteiger partial charge in [-0.25, -0.2) is 0 Å². The molecular weight excluding hydrogens is 200 g/mol. The first-order chi connectivity index (χ1) is 7.83. The van der Waals surface area contributed by atoms with Gasteiger partial charge in [-0.1, -0.05) is 0 Å². The molecule has 3 rings (SSSR count). The standard InChI is InChI=1S/C13H22N2O/c16-13(12-6-10-5-11(10)7-12)15-4-2-9-1-3-14-8-9/h9-12,14H,1-8H2,(H,15,16). The van der Waals surface area contributed by atoms with Gasteiger partial charge >= 0.3 is 0 Å². The number of fused-ring (bicyclic) bond motifs is 1. The summed E-state index contributed by atoms with van der Waals surface area (Å²) in [6, 6.07) is 0. The van der Waals surface area contributed by atoms with Crippen LogP contribution in [0.3, 0.4) is 0 Å². The Morgan fingerprint density at radius 2 is 2.06 bits per heavy atom. The smallest absolute Gasteiger partial charge is 0.223 e. The van der Waals surface area contributed by atoms with Gasteiger partial charge in [0.15, 0.2) is 0 Å². The third kappa shape index (κ3) is 2.24. The zero-order chi connectivity index (χ0) is 11.0. The van der Waals surface area contributed by atoms with E-state index >= 15 is 0 Å². The molecule has 2 saturated carbocycles. The molecule has 1 amide bonds. The lowest BCUT2D eigenvalue weighted by molar-refractivity contribution is -0.125. The quantitative estimate of drug-likeness (QED) is 0.749. The van der Waals surface area contributed by atoms with Crippen LogP contribution in [0.25, 0.3) is 0 Å². The van der Waals surface area contributed by atoms with E-state index in [0.29, 0.717) is 11.8 Å². The highest BCUT2D eigenvalue weighted by Gasteiger charge is 2.47. The van der Waals surface area contributed by atoms with Crippen LogP contribution in [-0.4, -0.2) is 25.5 Å². The third-order valence-electron chi connectivity index (χ3n) is 4.63. The van der Waals surface area contributed by atoms with Crippen molar-refractivity contribution < 1.29 is 4.79 Å². The second kappa shape index (κ2) is 4.36. The molecule has 0 bridgehead atoms. The van der Waals surface area contributed by atoms with E-state index in [1.165, 1.54) is 25.7 Å². The summed E-state index contributed by atoms with van der Waals surface area (Å²) in [6.45, 7) is 3.19. The minimum absolute atomic E-state index is 0.332. The van der Waals surface area contributed by atoms with Crippen molar-refractivity contribution in [3.63, 3.8) is 0 Å². The van der Waals surface area contributed by atoms with Crippen LogP contribution in [0.2, 0.25) is 0 Å². The Hall–Kier alpha value is -0.570. The van der Waals surface area contributed by atoms with Crippen molar-refractivity contribution in [2.75, 3.05) is 19.6 Å². The van der Waals surface area contributed by atoms with Gasteiger partial charge < -0.3 is 10.6 Å². The van der Waals surface area contributed by atoms with E-state index in [4.69, 9.17) is 0 Å². The molecule has 2 aliphatic carbocycles. The average molecular weight is 222 g/mol. The maximum atomic E-state index is 11.9. The van der Waals surface area contributed by atoms with Gasteiger partial charge in [0.05, 0.1) is 0 Å². The zero-order valence-corrected chi connectivity index (χ0v) is 9.87. The molecule has 1 heterocycles. The highest BCUT2D eigenvalue weighted by atomic mass is 16.1. The van der Waals surface area contributed by atoms with E-state index < -0.39 is 0 Å². The molecule has 0 spiro atoms. The van der Waals surface area contributed by atoms with Crippen molar-refractivity contribution in [3.05, 3.63) is 0 Å². The maximum Gasteiger partial charge on any atom is 0.223 e. The van der Waals surface area contributed by atoms with Crippen LogP contribution >= 0.6 is 0 Å². The number of rotatable bonds is 4. The van der Waals surface area contributed by atoms with Crippen LogP contribution in [0.1, 0.15) is 32.1 Å². The zero-order valence-electron chi connectivity index (χ0n) is 9.87. The van der Waals surface area contributed by atoms with Gasteiger partial charge in [-0.15, -0.1) is 0 Å². The SMILES string of the molecule is O=C(NCCC1CCNC1)C1CC2CC2C1. The summed E-state index contributed by atoms with van der Waals surface area (Å²) in [4.78, 5) is 11.9. The molecular formula is C13H22N2O. The van der Waals surface area contributed by atoms with Crippen molar-refractivity contribution in [2.45, 2.75) is 32.1 Å². The molecule has 3 unspecified atom stereocenters. The normalized spacial score (nSPS) is 40.8. The summed E-state index contributed by atoms with van der Waals surface area (Å²) in [5, 5.41) is 6.49. The Kier molecular flexibility index (Phi) is 2.88. The van der Waals surface area contributed by atoms with Crippen LogP contribution in [-0.2, 0) is 4.79 Å². The predicted octanol–water partition coefficient (Wildman–Crippen LogP) is 1.15. The van der Waals surface area contributed by atoms with E-state index in [1.54, 1.807) is 0 Å². The van der Waals surface area contributed by atoms with Crippen molar-refractivity contribution >= 4 is 5.91 Å². The largest absolute Gasteiger partial charge is 0.356 e. The highest BCUT2D eigenvalue weighted by Crippen LogP contribution is 2.54. The Morgan fingerprint density at radius 1 is 1.25 bits per heavy atom. The predicted molar refractivity (Wildman–Crippen MR) is 62.9 cm³/mol. The van der Waals surface area contributed by atoms with Gasteiger partial charge in [-0.3, -0.25) is 4.79 Å². The minimum Gasteiger partial charge on any atom is -0.356 e. The third-order valence-corrected chi connectivity index (χ3v) is 4.63. The number of nitrogens with one attached hydrogen (secondary N) is 2. The molecule has 3 fully saturated rings. The van der Waals surface area contributed by atoms with Crippen molar-refractivity contribution in [1.29, 1.82) is 0 Å². The molecule has 3 nitrogen and oxygen atoms in total. The van der Waals surface area contributed by atoms with Crippen LogP contribution < -0.4 is 10.6 Å². The van der Waals surface area contributed by atoms with Crippen molar-refractivity contribution in [1.82, 2.24) is 10.6 Å². The van der Waals surface area contributed by atoms with Gasteiger partial charge in [0.2, 0.25) is 5.91 Å². The number of carbonyl (C=O) groups excluding carboxylic acids is 1. The summed E-state index contributed by atoms with van der Waals surface area (Å²) in [5.74, 6) is 3.30. The molecule has 1 saturated heterocycles. The Labute approximate surface area is 97.4 Å². The Balaban J connectivity index is 1.33. The van der Waals surface area contributed by atoms with Crippen LogP contribution in [0, 0.1) is 23.7 Å². The molecule has 0 radical (unpaired) electrons. The monoisotopic (exact) mass is 222 g/mol. The lowest BCUT2D eigenvalue weighted by atomic mass is 10.0. The summed E-state index contributed by atoms with van der Waals surface area (Å²) in [7, 11) is 0. The fourth-order valence-electron chi connectivity index (χ4n) is 3.43. The fraction of sp³-hybridized carbons (Fsp3) is 0.923. The molecule has 16 heavy (non-hydrogen) atoms. The average Bonchev–Trinajstić information content (AvgIpc) is 2.72. The van der Waals surface area contributed by atoms with Gasteiger partial charge in [-0.05, 0) is 62.9 Å². The fourth-order valence-corrected chi connectivity index (χ4v) is 3.43. The highest BCUT2D eigenvalue weighted by molar-refractivity contribution is 5.79. The molecule has 0 aromatic rings. The van der Waals surface area contributed by atoms with E-state index in [2.05, 4.69) is 10.6 Å². The first kappa shape index (κ1) is 10.6. The first-order valence-electron chi connectivity index (χ1n) is 6.81. The Bertz CT molecular complexity index is 263. The second-order valence-corrected chi connectivity index (χ2v) is 5.86. The van der Waals surface area contributed by atoms with Crippen LogP contribution in [0.5, 0.6) is 0 Å². The van der Waals surface area contributed by atoms with Gasteiger partial charge in [0, 0.05) is 12.5 Å². The van der Waals surface area contributed by atoms with E-state index in [1.807, 2.05) is 0 Å². The molecule has 3 aliphatic rings. The van der Waals surface area contributed by atoms with Crippen molar-refractivity contribution in [3.8, 4) is 0 Å². The Morgan fingerprint density at radius 3 is 2.75 bits per heavy atom. The molecule has 0 aromatic heterocycles. The number of hydrogen-bond donors (Lipinski definition) is 2. The number of hydrogen-bond acceptors (Lipinski definition) is 2. The summed E-state index contributed by atoms with van der Waals surface area (Å²) in [5.41, 5.74) is 0. The second-order valence-electron chi connectivity index (χ2n) is 5.86. The van der Waals surface area contributed by atoms with Gasteiger partial charge in [0.1, 0.15) is 0 Å². The molecule has 3 atom stereocenters. The van der Waals surface area contributed by atoms with E-state index in [0.717, 1.165) is 43.8 Å². The summed E-state index contributed by atoms with van der Waals surface area (Å²) in [6.07, 6.45) is 6.17. The molecule has 0 aromatic carbocycles. The van der Waals surface area contributed by atoms with Crippen LogP contribution in [0.4, 0.5) is 0 Å². The van der Waals surface area contributed by atoms with Crippen molar-refractivity contribution in [2.24, 2.45) is 23.7 Å². The van der Waals surface area contributed by atoms with E-state index in [-0.39, 0.29) is 0 Å². The summed E-state index contributed by atoms with van der Waals surface area (Å²) < 4.78 is 0. The molecule has 1 aliphatic heterocycles.